The molecule has 1 aromatic carbocycles. The van der Waals surface area contributed by atoms with Crippen molar-refractivity contribution >= 4 is 17.2 Å². The number of thiophene rings is 1. The van der Waals surface area contributed by atoms with E-state index in [1.807, 2.05) is 41.7 Å². The minimum atomic E-state index is -0.172. The van der Waals surface area contributed by atoms with Crippen molar-refractivity contribution in [1.82, 2.24) is 25.0 Å². The third-order valence-corrected chi connectivity index (χ3v) is 6.10. The summed E-state index contributed by atoms with van der Waals surface area (Å²) < 4.78 is 7.62. The molecule has 0 atom stereocenters. The molecule has 4 rings (SSSR count). The molecule has 8 heteroatoms. The second-order valence-corrected chi connectivity index (χ2v) is 8.12. The molecule has 0 radical (unpaired) electrons. The zero-order valence-corrected chi connectivity index (χ0v) is 17.3. The number of hydrogen-bond donors (Lipinski definition) is 1. The van der Waals surface area contributed by atoms with Crippen molar-refractivity contribution in [3.63, 3.8) is 0 Å². The maximum absolute atomic E-state index is 12.1. The topological polar surface area (TPSA) is 72.3 Å². The summed E-state index contributed by atoms with van der Waals surface area (Å²) >= 11 is 1.82. The van der Waals surface area contributed by atoms with Crippen LogP contribution in [0.2, 0.25) is 0 Å². The van der Waals surface area contributed by atoms with Gasteiger partial charge in [0.1, 0.15) is 11.6 Å². The number of fused-ring (bicyclic) bond motifs is 1. The lowest BCUT2D eigenvalue weighted by atomic mass is 10.2. The summed E-state index contributed by atoms with van der Waals surface area (Å²) in [6, 6.07) is 11.5. The highest BCUT2D eigenvalue weighted by atomic mass is 32.1. The SMILES string of the molecule is Cc1ccsc1CN1CCc2nnc(CNC(=O)COc3ccccc3)n2CC1. The van der Waals surface area contributed by atoms with Crippen LogP contribution in [0.15, 0.2) is 41.8 Å². The lowest BCUT2D eigenvalue weighted by Crippen LogP contribution is -2.30. The van der Waals surface area contributed by atoms with Crippen molar-refractivity contribution in [3.05, 3.63) is 63.9 Å². The van der Waals surface area contributed by atoms with E-state index in [4.69, 9.17) is 4.74 Å². The molecular formula is C21H25N5O2S. The number of benzene rings is 1. The van der Waals surface area contributed by atoms with Crippen molar-refractivity contribution in [2.45, 2.75) is 33.0 Å². The van der Waals surface area contributed by atoms with Crippen molar-refractivity contribution in [3.8, 4) is 5.75 Å². The average Bonchev–Trinajstić information content (AvgIpc) is 3.26. The zero-order valence-electron chi connectivity index (χ0n) is 16.5. The number of carbonyl (C=O) groups excluding carboxylic acids is 1. The van der Waals surface area contributed by atoms with E-state index in [0.717, 1.165) is 44.2 Å². The van der Waals surface area contributed by atoms with E-state index >= 15 is 0 Å². The molecular weight excluding hydrogens is 386 g/mol. The van der Waals surface area contributed by atoms with Gasteiger partial charge in [0, 0.05) is 37.5 Å². The first kappa shape index (κ1) is 19.6. The predicted molar refractivity (Wildman–Crippen MR) is 112 cm³/mol. The fourth-order valence-electron chi connectivity index (χ4n) is 3.38. The molecule has 3 heterocycles. The normalized spacial score (nSPS) is 14.2. The Labute approximate surface area is 174 Å². The summed E-state index contributed by atoms with van der Waals surface area (Å²) in [6.07, 6.45) is 0.864. The molecule has 3 aromatic rings. The maximum Gasteiger partial charge on any atom is 0.258 e. The largest absolute Gasteiger partial charge is 0.484 e. The lowest BCUT2D eigenvalue weighted by molar-refractivity contribution is -0.123. The summed E-state index contributed by atoms with van der Waals surface area (Å²) in [5.41, 5.74) is 1.36. The number of para-hydroxylation sites is 1. The van der Waals surface area contributed by atoms with Crippen LogP contribution >= 0.6 is 11.3 Å². The number of aromatic nitrogens is 3. The molecule has 29 heavy (non-hydrogen) atoms. The summed E-state index contributed by atoms with van der Waals surface area (Å²) in [5, 5.41) is 13.7. The average molecular weight is 412 g/mol. The number of hydrogen-bond acceptors (Lipinski definition) is 6. The van der Waals surface area contributed by atoms with E-state index < -0.39 is 0 Å². The van der Waals surface area contributed by atoms with Gasteiger partial charge in [-0.2, -0.15) is 0 Å². The van der Waals surface area contributed by atoms with Crippen LogP contribution in [-0.2, 0) is 30.8 Å². The monoisotopic (exact) mass is 411 g/mol. The maximum atomic E-state index is 12.1. The molecule has 1 aliphatic rings. The Morgan fingerprint density at radius 1 is 1.17 bits per heavy atom. The van der Waals surface area contributed by atoms with Crippen molar-refractivity contribution in [2.75, 3.05) is 19.7 Å². The van der Waals surface area contributed by atoms with Gasteiger partial charge in [-0.05, 0) is 36.1 Å². The number of rotatable bonds is 7. The quantitative estimate of drug-likeness (QED) is 0.646. The number of carbonyl (C=O) groups is 1. The summed E-state index contributed by atoms with van der Waals surface area (Å²) in [5.74, 6) is 2.29. The van der Waals surface area contributed by atoms with Gasteiger partial charge >= 0.3 is 0 Å². The summed E-state index contributed by atoms with van der Waals surface area (Å²) in [4.78, 5) is 16.0. The molecule has 2 aromatic heterocycles. The van der Waals surface area contributed by atoms with Crippen LogP contribution in [0.4, 0.5) is 0 Å². The molecule has 0 fully saturated rings. The summed E-state index contributed by atoms with van der Waals surface area (Å²) in [6.45, 7) is 6.23. The fourth-order valence-corrected chi connectivity index (χ4v) is 4.33. The Morgan fingerprint density at radius 2 is 2.03 bits per heavy atom. The van der Waals surface area contributed by atoms with E-state index in [1.165, 1.54) is 10.4 Å². The first-order valence-corrected chi connectivity index (χ1v) is 10.7. The number of aryl methyl sites for hydroxylation is 1. The molecule has 7 nitrogen and oxygen atoms in total. The third kappa shape index (κ3) is 5.02. The van der Waals surface area contributed by atoms with Gasteiger partial charge in [-0.1, -0.05) is 18.2 Å². The van der Waals surface area contributed by atoms with Gasteiger partial charge in [-0.25, -0.2) is 0 Å². The molecule has 1 N–H and O–H groups in total. The molecule has 0 spiro atoms. The van der Waals surface area contributed by atoms with Gasteiger partial charge < -0.3 is 14.6 Å². The molecule has 0 aliphatic carbocycles. The smallest absolute Gasteiger partial charge is 0.258 e. The molecule has 1 aliphatic heterocycles. The van der Waals surface area contributed by atoms with Crippen LogP contribution in [0.1, 0.15) is 22.1 Å². The van der Waals surface area contributed by atoms with Gasteiger partial charge in [-0.15, -0.1) is 21.5 Å². The highest BCUT2D eigenvalue weighted by Crippen LogP contribution is 2.19. The van der Waals surface area contributed by atoms with Crippen molar-refractivity contribution < 1.29 is 9.53 Å². The van der Waals surface area contributed by atoms with E-state index in [9.17, 15) is 4.79 Å². The van der Waals surface area contributed by atoms with Crippen molar-refractivity contribution in [1.29, 1.82) is 0 Å². The molecule has 152 valence electrons. The second-order valence-electron chi connectivity index (χ2n) is 7.12. The Hall–Kier alpha value is -2.71. The van der Waals surface area contributed by atoms with Gasteiger partial charge in [0.2, 0.25) is 0 Å². The molecule has 0 unspecified atom stereocenters. The Balaban J connectivity index is 1.29. The predicted octanol–water partition coefficient (Wildman–Crippen LogP) is 2.40. The van der Waals surface area contributed by atoms with Gasteiger partial charge in [0.25, 0.3) is 5.91 Å². The van der Waals surface area contributed by atoms with Gasteiger partial charge in [-0.3, -0.25) is 9.69 Å². The zero-order chi connectivity index (χ0) is 20.1. The van der Waals surface area contributed by atoms with Crippen LogP contribution in [0.5, 0.6) is 5.75 Å². The van der Waals surface area contributed by atoms with E-state index in [0.29, 0.717) is 12.3 Å². The first-order valence-electron chi connectivity index (χ1n) is 9.80. The minimum Gasteiger partial charge on any atom is -0.484 e. The molecule has 1 amide bonds. The van der Waals surface area contributed by atoms with Crippen LogP contribution in [-0.4, -0.2) is 45.3 Å². The highest BCUT2D eigenvalue weighted by Gasteiger charge is 2.19. The second kappa shape index (κ2) is 9.19. The molecule has 0 saturated carbocycles. The standard InChI is InChI=1S/C21H25N5O2S/c1-16-8-12-29-18(16)14-25-9-7-19-23-24-20(26(19)11-10-25)13-22-21(27)15-28-17-5-3-2-4-6-17/h2-6,8,12H,7,9-11,13-15H2,1H3,(H,22,27). The number of nitrogens with zero attached hydrogens (tertiary/aromatic N) is 4. The van der Waals surface area contributed by atoms with Crippen molar-refractivity contribution in [2.24, 2.45) is 0 Å². The Morgan fingerprint density at radius 3 is 2.83 bits per heavy atom. The van der Waals surface area contributed by atoms with Gasteiger partial charge in [0.05, 0.1) is 6.54 Å². The Kier molecular flexibility index (Phi) is 6.21. The number of nitrogens with one attached hydrogen (secondary N) is 1. The minimum absolute atomic E-state index is 0.0149. The van der Waals surface area contributed by atoms with Crippen LogP contribution in [0.3, 0.4) is 0 Å². The highest BCUT2D eigenvalue weighted by molar-refractivity contribution is 7.10. The van der Waals surface area contributed by atoms with E-state index in [1.54, 1.807) is 0 Å². The van der Waals surface area contributed by atoms with E-state index in [-0.39, 0.29) is 12.5 Å². The third-order valence-electron chi connectivity index (χ3n) is 5.09. The molecule has 0 bridgehead atoms. The van der Waals surface area contributed by atoms with Crippen LogP contribution in [0.25, 0.3) is 0 Å². The summed E-state index contributed by atoms with van der Waals surface area (Å²) in [7, 11) is 0. The van der Waals surface area contributed by atoms with Crippen LogP contribution < -0.4 is 10.1 Å². The number of ether oxygens (including phenoxy) is 1. The van der Waals surface area contributed by atoms with Gasteiger partial charge in [0.15, 0.2) is 12.4 Å². The Bertz CT molecular complexity index is 953. The lowest BCUT2D eigenvalue weighted by Gasteiger charge is -2.19. The van der Waals surface area contributed by atoms with E-state index in [2.05, 4.69) is 43.4 Å². The number of amides is 1. The first-order chi connectivity index (χ1) is 14.2. The molecule has 0 saturated heterocycles. The van der Waals surface area contributed by atoms with Crippen LogP contribution in [0, 0.1) is 6.92 Å². The fraction of sp³-hybridized carbons (Fsp3) is 0.381.